The first-order chi connectivity index (χ1) is 8.29. The first-order valence-electron chi connectivity index (χ1n) is 6.11. The van der Waals surface area contributed by atoms with Gasteiger partial charge in [-0.15, -0.1) is 0 Å². The van der Waals surface area contributed by atoms with E-state index in [2.05, 4.69) is 17.1 Å². The number of likely N-dealkylation sites (N-methyl/N-ethyl adjacent to an activating group) is 1. The van der Waals surface area contributed by atoms with Crippen LogP contribution < -0.4 is 10.2 Å². The summed E-state index contributed by atoms with van der Waals surface area (Å²) in [7, 11) is 0. The van der Waals surface area contributed by atoms with Gasteiger partial charge in [0.25, 0.3) is 0 Å². The third-order valence-corrected chi connectivity index (χ3v) is 2.99. The lowest BCUT2D eigenvalue weighted by Gasteiger charge is -2.31. The Labute approximate surface area is 102 Å². The van der Waals surface area contributed by atoms with E-state index < -0.39 is 0 Å². The SMILES string of the molecule is CCN(CC1COCCN1)c1cccc(F)c1. The van der Waals surface area contributed by atoms with Crippen LogP contribution in [0.3, 0.4) is 0 Å². The molecule has 1 heterocycles. The van der Waals surface area contributed by atoms with Crippen molar-refractivity contribution in [3.63, 3.8) is 0 Å². The van der Waals surface area contributed by atoms with Gasteiger partial charge in [-0.05, 0) is 25.1 Å². The van der Waals surface area contributed by atoms with E-state index in [0.717, 1.165) is 38.5 Å². The second-order valence-electron chi connectivity index (χ2n) is 4.24. The highest BCUT2D eigenvalue weighted by Crippen LogP contribution is 2.15. The molecule has 0 amide bonds. The van der Waals surface area contributed by atoms with Crippen LogP contribution in [-0.4, -0.2) is 38.9 Å². The quantitative estimate of drug-likeness (QED) is 0.863. The van der Waals surface area contributed by atoms with Gasteiger partial charge < -0.3 is 15.0 Å². The Bertz CT molecular complexity index is 353. The molecule has 1 atom stereocenters. The Morgan fingerprint density at radius 2 is 2.41 bits per heavy atom. The second kappa shape index (κ2) is 5.98. The summed E-state index contributed by atoms with van der Waals surface area (Å²) in [6.07, 6.45) is 0. The molecule has 0 spiro atoms. The highest BCUT2D eigenvalue weighted by atomic mass is 19.1. The fourth-order valence-electron chi connectivity index (χ4n) is 2.09. The average molecular weight is 238 g/mol. The van der Waals surface area contributed by atoms with Crippen LogP contribution in [0.1, 0.15) is 6.92 Å². The zero-order valence-electron chi connectivity index (χ0n) is 10.2. The van der Waals surface area contributed by atoms with Gasteiger partial charge in [-0.2, -0.15) is 0 Å². The van der Waals surface area contributed by atoms with Gasteiger partial charge in [0.05, 0.1) is 13.2 Å². The first-order valence-corrected chi connectivity index (χ1v) is 6.11. The monoisotopic (exact) mass is 238 g/mol. The molecule has 0 saturated carbocycles. The largest absolute Gasteiger partial charge is 0.378 e. The summed E-state index contributed by atoms with van der Waals surface area (Å²) < 4.78 is 18.6. The third kappa shape index (κ3) is 3.41. The zero-order chi connectivity index (χ0) is 12.1. The number of hydrogen-bond acceptors (Lipinski definition) is 3. The van der Waals surface area contributed by atoms with E-state index >= 15 is 0 Å². The molecular weight excluding hydrogens is 219 g/mol. The number of nitrogens with zero attached hydrogens (tertiary/aromatic N) is 1. The number of halogens is 1. The molecule has 1 aliphatic heterocycles. The molecule has 0 aromatic heterocycles. The van der Waals surface area contributed by atoms with Crippen molar-refractivity contribution in [2.24, 2.45) is 0 Å². The van der Waals surface area contributed by atoms with Gasteiger partial charge in [-0.25, -0.2) is 4.39 Å². The molecule has 1 N–H and O–H groups in total. The number of ether oxygens (including phenoxy) is 1. The van der Waals surface area contributed by atoms with Crippen molar-refractivity contribution in [1.29, 1.82) is 0 Å². The molecule has 1 saturated heterocycles. The van der Waals surface area contributed by atoms with Gasteiger partial charge in [0.15, 0.2) is 0 Å². The lowest BCUT2D eigenvalue weighted by molar-refractivity contribution is 0.0788. The minimum atomic E-state index is -0.186. The van der Waals surface area contributed by atoms with E-state index in [1.807, 2.05) is 6.07 Å². The van der Waals surface area contributed by atoms with Crippen molar-refractivity contribution in [2.75, 3.05) is 37.7 Å². The standard InChI is InChI=1S/C13H19FN2O/c1-2-16(9-12-10-17-7-6-15-12)13-5-3-4-11(14)8-13/h3-5,8,12,15H,2,6-7,9-10H2,1H3. The first kappa shape index (κ1) is 12.3. The van der Waals surface area contributed by atoms with Crippen LogP contribution in [-0.2, 0) is 4.74 Å². The van der Waals surface area contributed by atoms with Crippen molar-refractivity contribution in [2.45, 2.75) is 13.0 Å². The van der Waals surface area contributed by atoms with Crippen LogP contribution in [0.15, 0.2) is 24.3 Å². The molecule has 1 aromatic rings. The average Bonchev–Trinajstić information content (AvgIpc) is 2.37. The van der Waals surface area contributed by atoms with Crippen molar-refractivity contribution in [3.05, 3.63) is 30.1 Å². The Morgan fingerprint density at radius 1 is 1.53 bits per heavy atom. The lowest BCUT2D eigenvalue weighted by Crippen LogP contribution is -2.48. The minimum Gasteiger partial charge on any atom is -0.378 e. The van der Waals surface area contributed by atoms with Crippen molar-refractivity contribution in [3.8, 4) is 0 Å². The van der Waals surface area contributed by atoms with E-state index in [0.29, 0.717) is 6.04 Å². The van der Waals surface area contributed by atoms with Crippen LogP contribution in [0, 0.1) is 5.82 Å². The summed E-state index contributed by atoms with van der Waals surface area (Å²) in [5, 5.41) is 3.41. The number of hydrogen-bond donors (Lipinski definition) is 1. The Kier molecular flexibility index (Phi) is 4.34. The molecular formula is C13H19FN2O. The lowest BCUT2D eigenvalue weighted by atomic mass is 10.2. The van der Waals surface area contributed by atoms with Crippen LogP contribution in [0.2, 0.25) is 0 Å². The number of anilines is 1. The fraction of sp³-hybridized carbons (Fsp3) is 0.538. The summed E-state index contributed by atoms with van der Waals surface area (Å²) in [5.74, 6) is -0.186. The van der Waals surface area contributed by atoms with Crippen LogP contribution in [0.25, 0.3) is 0 Å². The van der Waals surface area contributed by atoms with Crippen molar-refractivity contribution in [1.82, 2.24) is 5.32 Å². The fourth-order valence-corrected chi connectivity index (χ4v) is 2.09. The zero-order valence-corrected chi connectivity index (χ0v) is 10.2. The topological polar surface area (TPSA) is 24.5 Å². The molecule has 0 aliphatic carbocycles. The molecule has 0 bridgehead atoms. The number of nitrogens with one attached hydrogen (secondary N) is 1. The molecule has 1 aliphatic rings. The van der Waals surface area contributed by atoms with Gasteiger partial charge in [0.1, 0.15) is 5.82 Å². The summed E-state index contributed by atoms with van der Waals surface area (Å²) in [4.78, 5) is 2.16. The van der Waals surface area contributed by atoms with Gasteiger partial charge in [-0.1, -0.05) is 6.07 Å². The summed E-state index contributed by atoms with van der Waals surface area (Å²) in [6.45, 7) is 6.19. The van der Waals surface area contributed by atoms with E-state index in [-0.39, 0.29) is 5.82 Å². The van der Waals surface area contributed by atoms with E-state index in [9.17, 15) is 4.39 Å². The molecule has 2 rings (SSSR count). The molecule has 1 aromatic carbocycles. The predicted octanol–water partition coefficient (Wildman–Crippen LogP) is 1.64. The molecule has 1 unspecified atom stereocenters. The maximum Gasteiger partial charge on any atom is 0.125 e. The number of benzene rings is 1. The highest BCUT2D eigenvalue weighted by molar-refractivity contribution is 5.46. The molecule has 3 nitrogen and oxygen atoms in total. The second-order valence-corrected chi connectivity index (χ2v) is 4.24. The highest BCUT2D eigenvalue weighted by Gasteiger charge is 2.16. The van der Waals surface area contributed by atoms with E-state index in [1.165, 1.54) is 6.07 Å². The van der Waals surface area contributed by atoms with Gasteiger partial charge in [0, 0.05) is 31.4 Å². The van der Waals surface area contributed by atoms with Crippen molar-refractivity contribution >= 4 is 5.69 Å². The summed E-state index contributed by atoms with van der Waals surface area (Å²) in [5.41, 5.74) is 0.930. The van der Waals surface area contributed by atoms with Gasteiger partial charge in [0.2, 0.25) is 0 Å². The number of morpholine rings is 1. The normalized spacial score (nSPS) is 20.2. The van der Waals surface area contributed by atoms with Gasteiger partial charge >= 0.3 is 0 Å². The van der Waals surface area contributed by atoms with Crippen LogP contribution >= 0.6 is 0 Å². The Balaban J connectivity index is 2.00. The van der Waals surface area contributed by atoms with Crippen LogP contribution in [0.5, 0.6) is 0 Å². The molecule has 0 radical (unpaired) electrons. The maximum absolute atomic E-state index is 13.2. The minimum absolute atomic E-state index is 0.186. The van der Waals surface area contributed by atoms with Gasteiger partial charge in [-0.3, -0.25) is 0 Å². The maximum atomic E-state index is 13.2. The smallest absolute Gasteiger partial charge is 0.125 e. The Morgan fingerprint density at radius 3 is 3.06 bits per heavy atom. The molecule has 1 fully saturated rings. The Hall–Kier alpha value is -1.13. The van der Waals surface area contributed by atoms with E-state index in [4.69, 9.17) is 4.74 Å². The molecule has 17 heavy (non-hydrogen) atoms. The molecule has 4 heteroatoms. The third-order valence-electron chi connectivity index (χ3n) is 2.99. The van der Waals surface area contributed by atoms with E-state index in [1.54, 1.807) is 12.1 Å². The summed E-state index contributed by atoms with van der Waals surface area (Å²) >= 11 is 0. The summed E-state index contributed by atoms with van der Waals surface area (Å²) in [6, 6.07) is 7.06. The van der Waals surface area contributed by atoms with Crippen molar-refractivity contribution < 1.29 is 9.13 Å². The molecule has 94 valence electrons. The number of rotatable bonds is 4. The predicted molar refractivity (Wildman–Crippen MR) is 66.9 cm³/mol. The van der Waals surface area contributed by atoms with Crippen LogP contribution in [0.4, 0.5) is 10.1 Å².